The SMILES string of the molecule is CC(NC(=O)OC(C)(C)C)C(=O)CN. The Hall–Kier alpha value is -1.10. The van der Waals surface area contributed by atoms with E-state index in [9.17, 15) is 9.59 Å². The van der Waals surface area contributed by atoms with Gasteiger partial charge in [0.2, 0.25) is 0 Å². The van der Waals surface area contributed by atoms with Crippen LogP contribution in [0.1, 0.15) is 27.7 Å². The molecule has 0 radical (unpaired) electrons. The largest absolute Gasteiger partial charge is 0.444 e. The van der Waals surface area contributed by atoms with Crippen LogP contribution in [0, 0.1) is 0 Å². The molecule has 5 heteroatoms. The first kappa shape index (κ1) is 12.9. The zero-order valence-electron chi connectivity index (χ0n) is 9.09. The molecule has 0 bridgehead atoms. The lowest BCUT2D eigenvalue weighted by Gasteiger charge is -2.21. The van der Waals surface area contributed by atoms with E-state index in [1.165, 1.54) is 0 Å². The number of hydrogen-bond donors (Lipinski definition) is 2. The van der Waals surface area contributed by atoms with Crippen LogP contribution in [0.4, 0.5) is 4.79 Å². The van der Waals surface area contributed by atoms with E-state index in [2.05, 4.69) is 5.32 Å². The van der Waals surface area contributed by atoms with Gasteiger partial charge in [0.25, 0.3) is 0 Å². The summed E-state index contributed by atoms with van der Waals surface area (Å²) in [7, 11) is 0. The molecular weight excluding hydrogens is 184 g/mol. The molecule has 0 spiro atoms. The number of ether oxygens (including phenoxy) is 1. The van der Waals surface area contributed by atoms with Crippen LogP contribution in [-0.2, 0) is 9.53 Å². The average Bonchev–Trinajstić information content (AvgIpc) is 1.99. The van der Waals surface area contributed by atoms with Crippen LogP contribution in [0.25, 0.3) is 0 Å². The molecule has 14 heavy (non-hydrogen) atoms. The maximum absolute atomic E-state index is 11.2. The van der Waals surface area contributed by atoms with Gasteiger partial charge in [-0.25, -0.2) is 4.79 Å². The first-order valence-electron chi connectivity index (χ1n) is 4.48. The Labute approximate surface area is 84.0 Å². The predicted molar refractivity (Wildman–Crippen MR) is 52.9 cm³/mol. The van der Waals surface area contributed by atoms with E-state index in [0.717, 1.165) is 0 Å². The second-order valence-corrected chi connectivity index (χ2v) is 4.04. The Kier molecular flexibility index (Phi) is 4.56. The fraction of sp³-hybridized carbons (Fsp3) is 0.778. The number of alkyl carbamates (subject to hydrolysis) is 1. The van der Waals surface area contributed by atoms with Gasteiger partial charge < -0.3 is 15.8 Å². The minimum Gasteiger partial charge on any atom is -0.444 e. The van der Waals surface area contributed by atoms with Crippen molar-refractivity contribution in [2.24, 2.45) is 5.73 Å². The Morgan fingerprint density at radius 3 is 2.29 bits per heavy atom. The van der Waals surface area contributed by atoms with Gasteiger partial charge in [0.15, 0.2) is 5.78 Å². The van der Waals surface area contributed by atoms with Gasteiger partial charge >= 0.3 is 6.09 Å². The number of carbonyl (C=O) groups is 2. The molecule has 5 nitrogen and oxygen atoms in total. The molecule has 0 aliphatic carbocycles. The quantitative estimate of drug-likeness (QED) is 0.695. The summed E-state index contributed by atoms with van der Waals surface area (Å²) >= 11 is 0. The summed E-state index contributed by atoms with van der Waals surface area (Å²) in [5, 5.41) is 2.40. The molecule has 0 saturated carbocycles. The topological polar surface area (TPSA) is 81.4 Å². The summed E-state index contributed by atoms with van der Waals surface area (Å²) in [6, 6.07) is -0.602. The fourth-order valence-electron chi connectivity index (χ4n) is 0.742. The third kappa shape index (κ3) is 5.53. The number of rotatable bonds is 3. The first-order valence-corrected chi connectivity index (χ1v) is 4.48. The minimum atomic E-state index is -0.605. The summed E-state index contributed by atoms with van der Waals surface area (Å²) in [5.41, 5.74) is 4.57. The van der Waals surface area contributed by atoms with E-state index in [4.69, 9.17) is 10.5 Å². The fourth-order valence-corrected chi connectivity index (χ4v) is 0.742. The van der Waals surface area contributed by atoms with Crippen molar-refractivity contribution in [1.82, 2.24) is 5.32 Å². The number of nitrogens with one attached hydrogen (secondary N) is 1. The molecule has 0 rings (SSSR count). The van der Waals surface area contributed by atoms with Crippen LogP contribution in [0.2, 0.25) is 0 Å². The summed E-state index contributed by atoms with van der Waals surface area (Å²) in [6.07, 6.45) is -0.605. The van der Waals surface area contributed by atoms with Gasteiger partial charge in [-0.2, -0.15) is 0 Å². The van der Waals surface area contributed by atoms with Crippen LogP contribution in [0.15, 0.2) is 0 Å². The van der Waals surface area contributed by atoms with Crippen molar-refractivity contribution in [3.63, 3.8) is 0 Å². The molecule has 0 aromatic rings. The molecule has 1 amide bonds. The third-order valence-corrected chi connectivity index (χ3v) is 1.42. The minimum absolute atomic E-state index is 0.0863. The second-order valence-electron chi connectivity index (χ2n) is 4.04. The van der Waals surface area contributed by atoms with Gasteiger partial charge in [0, 0.05) is 0 Å². The van der Waals surface area contributed by atoms with Crippen LogP contribution in [0.5, 0.6) is 0 Å². The summed E-state index contributed by atoms with van der Waals surface area (Å²) in [5.74, 6) is -0.226. The molecule has 0 aromatic carbocycles. The van der Waals surface area contributed by atoms with Crippen molar-refractivity contribution in [2.75, 3.05) is 6.54 Å². The normalized spacial score (nSPS) is 13.2. The van der Waals surface area contributed by atoms with Crippen LogP contribution >= 0.6 is 0 Å². The Morgan fingerprint density at radius 1 is 1.43 bits per heavy atom. The maximum Gasteiger partial charge on any atom is 0.408 e. The van der Waals surface area contributed by atoms with Crippen molar-refractivity contribution in [2.45, 2.75) is 39.3 Å². The zero-order valence-corrected chi connectivity index (χ0v) is 9.09. The van der Waals surface area contributed by atoms with Crippen LogP contribution in [-0.4, -0.2) is 30.1 Å². The zero-order chi connectivity index (χ0) is 11.4. The van der Waals surface area contributed by atoms with E-state index in [-0.39, 0.29) is 12.3 Å². The van der Waals surface area contributed by atoms with Gasteiger partial charge in [-0.05, 0) is 27.7 Å². The van der Waals surface area contributed by atoms with E-state index < -0.39 is 17.7 Å². The highest BCUT2D eigenvalue weighted by Crippen LogP contribution is 2.06. The summed E-state index contributed by atoms with van der Waals surface area (Å²) in [4.78, 5) is 22.2. The Morgan fingerprint density at radius 2 is 1.93 bits per heavy atom. The lowest BCUT2D eigenvalue weighted by Crippen LogP contribution is -2.43. The van der Waals surface area contributed by atoms with Gasteiger partial charge in [-0.3, -0.25) is 4.79 Å². The van der Waals surface area contributed by atoms with Crippen molar-refractivity contribution >= 4 is 11.9 Å². The number of carbonyl (C=O) groups excluding carboxylic acids is 2. The van der Waals surface area contributed by atoms with Crippen LogP contribution in [0.3, 0.4) is 0 Å². The highest BCUT2D eigenvalue weighted by atomic mass is 16.6. The van der Waals surface area contributed by atoms with E-state index in [0.29, 0.717) is 0 Å². The molecule has 1 atom stereocenters. The van der Waals surface area contributed by atoms with E-state index in [1.807, 2.05) is 0 Å². The average molecular weight is 202 g/mol. The number of amides is 1. The third-order valence-electron chi connectivity index (χ3n) is 1.42. The first-order chi connectivity index (χ1) is 6.26. The Bertz CT molecular complexity index is 221. The van der Waals surface area contributed by atoms with Crippen molar-refractivity contribution in [3.8, 4) is 0 Å². The van der Waals surface area contributed by atoms with Gasteiger partial charge in [0.05, 0.1) is 12.6 Å². The second kappa shape index (κ2) is 4.95. The van der Waals surface area contributed by atoms with Gasteiger partial charge in [-0.1, -0.05) is 0 Å². The summed E-state index contributed by atoms with van der Waals surface area (Å²) in [6.45, 7) is 6.74. The van der Waals surface area contributed by atoms with Crippen molar-refractivity contribution in [1.29, 1.82) is 0 Å². The molecule has 1 unspecified atom stereocenters. The lowest BCUT2D eigenvalue weighted by molar-refractivity contribution is -0.119. The molecular formula is C9H18N2O3. The molecule has 0 aromatic heterocycles. The molecule has 3 N–H and O–H groups in total. The smallest absolute Gasteiger partial charge is 0.408 e. The molecule has 0 aliphatic rings. The highest BCUT2D eigenvalue weighted by Gasteiger charge is 2.19. The molecule has 0 heterocycles. The number of nitrogens with two attached hydrogens (primary N) is 1. The number of ketones is 1. The van der Waals surface area contributed by atoms with Gasteiger partial charge in [-0.15, -0.1) is 0 Å². The molecule has 0 aliphatic heterocycles. The standard InChI is InChI=1S/C9H18N2O3/c1-6(7(12)5-10)11-8(13)14-9(2,3)4/h6H,5,10H2,1-4H3,(H,11,13). The number of hydrogen-bond acceptors (Lipinski definition) is 4. The lowest BCUT2D eigenvalue weighted by atomic mass is 10.2. The predicted octanol–water partition coefficient (Wildman–Crippen LogP) is 0.427. The Balaban J connectivity index is 4.01. The molecule has 82 valence electrons. The maximum atomic E-state index is 11.2. The highest BCUT2D eigenvalue weighted by molar-refractivity contribution is 5.88. The number of Topliss-reactive ketones (excluding diaryl/α,β-unsaturated/α-hetero) is 1. The summed E-state index contributed by atoms with van der Waals surface area (Å²) < 4.78 is 4.96. The molecule has 0 fully saturated rings. The monoisotopic (exact) mass is 202 g/mol. The van der Waals surface area contributed by atoms with Gasteiger partial charge in [0.1, 0.15) is 5.60 Å². The van der Waals surface area contributed by atoms with Crippen LogP contribution < -0.4 is 11.1 Å². The van der Waals surface area contributed by atoms with Crippen molar-refractivity contribution < 1.29 is 14.3 Å². The van der Waals surface area contributed by atoms with E-state index in [1.54, 1.807) is 27.7 Å². The van der Waals surface area contributed by atoms with Crippen molar-refractivity contribution in [3.05, 3.63) is 0 Å². The molecule has 0 saturated heterocycles. The van der Waals surface area contributed by atoms with E-state index >= 15 is 0 Å².